The zero-order chi connectivity index (χ0) is 86.1. The number of nitrogens with zero attached hydrogens (tertiary/aromatic N) is 2. The molecule has 0 radical (unpaired) electrons. The number of carbonyl (C=O) groups is 15. The molecule has 0 aliphatic carbocycles. The van der Waals surface area contributed by atoms with E-state index in [0.29, 0.717) is 29.0 Å². The Labute approximate surface area is 672 Å². The van der Waals surface area contributed by atoms with Gasteiger partial charge in [-0.3, -0.25) is 67.1 Å². The van der Waals surface area contributed by atoms with E-state index in [4.69, 9.17) is 11.5 Å². The van der Waals surface area contributed by atoms with Gasteiger partial charge >= 0.3 is 5.97 Å². The van der Waals surface area contributed by atoms with E-state index in [1.54, 1.807) is 47.8 Å². The largest absolute Gasteiger partial charge is 0.508 e. The molecule has 0 saturated carbocycles. The first kappa shape index (κ1) is 96.9. The number of primary amides is 1. The van der Waals surface area contributed by atoms with Gasteiger partial charge in [0.2, 0.25) is 82.7 Å². The van der Waals surface area contributed by atoms with E-state index >= 15 is 0 Å². The summed E-state index contributed by atoms with van der Waals surface area (Å²) in [6, 6.07) is -8.14. The highest BCUT2D eigenvalue weighted by Crippen LogP contribution is 2.22. The molecule has 23 N–H and O–H groups in total. The van der Waals surface area contributed by atoms with Crippen molar-refractivity contribution in [2.24, 2.45) is 35.1 Å². The monoisotopic (exact) mass is 1640 g/mol. The topological polar surface area (TPSA) is 606 Å². The second-order valence-electron chi connectivity index (χ2n) is 30.1. The minimum absolute atomic E-state index is 0.00195. The first-order chi connectivity index (χ1) is 54.2. The second kappa shape index (κ2) is 48.0. The molecule has 4 rings (SSSR count). The fraction of sp³-hybridized carbons (Fsp3) is 0.605. The summed E-state index contributed by atoms with van der Waals surface area (Å²) in [7, 11) is 0. The Kier molecular flexibility index (Phi) is 40.4. The van der Waals surface area contributed by atoms with E-state index in [1.807, 2.05) is 13.8 Å². The minimum atomic E-state index is -1.85. The highest BCUT2D eigenvalue weighted by atomic mass is 32.2. The van der Waals surface area contributed by atoms with Crippen LogP contribution >= 0.6 is 11.8 Å². The molecule has 115 heavy (non-hydrogen) atoms. The van der Waals surface area contributed by atoms with E-state index in [2.05, 4.69) is 73.8 Å². The molecule has 38 nitrogen and oxygen atoms in total. The molecule has 1 aliphatic heterocycles. The summed E-state index contributed by atoms with van der Waals surface area (Å²) in [4.78, 5) is 216. The molecule has 0 bridgehead atoms. The van der Waals surface area contributed by atoms with Gasteiger partial charge in [0.25, 0.3) is 0 Å². The number of nitrogens with two attached hydrogens (primary N) is 2. The van der Waals surface area contributed by atoms with E-state index in [9.17, 15) is 103 Å². The van der Waals surface area contributed by atoms with Crippen molar-refractivity contribution in [3.8, 4) is 11.5 Å². The number of carboxylic acids is 1. The third-order valence-corrected chi connectivity index (χ3v) is 19.6. The molecule has 638 valence electrons. The van der Waals surface area contributed by atoms with Crippen LogP contribution in [0, 0.1) is 23.7 Å². The van der Waals surface area contributed by atoms with Crippen LogP contribution in [0.25, 0.3) is 0 Å². The molecular formula is C76H117N17O21S. The fourth-order valence-corrected chi connectivity index (χ4v) is 12.9. The Bertz CT molecular complexity index is 3760. The number of phenolic OH excluding ortho intramolecular Hbond substituents is 2. The summed E-state index contributed by atoms with van der Waals surface area (Å²) in [6.45, 7) is 14.4. The van der Waals surface area contributed by atoms with Crippen LogP contribution in [0.15, 0.2) is 61.1 Å². The number of aromatic hydroxyl groups is 2. The number of imidazole rings is 1. The molecule has 2 heterocycles. The average molecular weight is 1640 g/mol. The molecule has 1 saturated heterocycles. The zero-order valence-electron chi connectivity index (χ0n) is 66.8. The molecule has 39 heteroatoms. The Balaban J connectivity index is 1.52. The van der Waals surface area contributed by atoms with Gasteiger partial charge in [-0.1, -0.05) is 86.1 Å². The van der Waals surface area contributed by atoms with Crippen molar-refractivity contribution in [2.45, 2.75) is 237 Å². The third kappa shape index (κ3) is 32.7. The van der Waals surface area contributed by atoms with Crippen LogP contribution in [0.1, 0.15) is 144 Å². The Hall–Kier alpha value is -10.5. The number of rotatable bonds is 49. The molecule has 1 aliphatic rings. The van der Waals surface area contributed by atoms with E-state index < -0.39 is 211 Å². The fourth-order valence-electron chi connectivity index (χ4n) is 12.4. The quantitative estimate of drug-likeness (QED) is 0.0263. The first-order valence-corrected chi connectivity index (χ1v) is 39.7. The molecule has 0 unspecified atom stereocenters. The number of likely N-dealkylation sites (tertiary alicyclic amines) is 1. The van der Waals surface area contributed by atoms with E-state index in [0.717, 1.165) is 4.90 Å². The summed E-state index contributed by atoms with van der Waals surface area (Å²) in [5.74, 6) is -15.7. The predicted molar refractivity (Wildman–Crippen MR) is 420 cm³/mol. The van der Waals surface area contributed by atoms with Crippen molar-refractivity contribution in [1.29, 1.82) is 0 Å². The number of H-pyrrole nitrogens is 1. The lowest BCUT2D eigenvalue weighted by Crippen LogP contribution is -2.62. The molecule has 1 fully saturated rings. The number of nitrogens with one attached hydrogen (secondary N) is 13. The van der Waals surface area contributed by atoms with Crippen LogP contribution in [0.5, 0.6) is 11.5 Å². The van der Waals surface area contributed by atoms with Gasteiger partial charge in [-0.2, -0.15) is 11.8 Å². The summed E-state index contributed by atoms with van der Waals surface area (Å²) >= 11 is 1.31. The SMILES string of the molecule is CC[C@H](C)[C@H](NC(=O)[C@H](CC(C)C)NC(=O)[C@H](CCC(N)=O)NC(=O)CNC(=O)[C@H](Cc1ccc(O)cc1)NC(=O)[C@H](CO)NC(=O)[C@H](Cc1cnc[nH]1)NC(=O)[C@H](CCSC)NC(=O)[C@@H](NC(=O)[C@@H](N)CC(C)C)[C@@H](C)O)C(=O)N[C@@H](CC(C)C)C(=O)N[C@H](C(=O)N1CCC[C@H]1C(=O)N[C@@H](Cc1ccc(O)cc1)C(=O)O)[C@@H](C)O. The zero-order valence-corrected chi connectivity index (χ0v) is 67.6. The number of aliphatic hydroxyl groups is 3. The Morgan fingerprint density at radius 1 is 0.539 bits per heavy atom. The van der Waals surface area contributed by atoms with Crippen molar-refractivity contribution in [3.05, 3.63) is 77.9 Å². The number of thioether (sulfide) groups is 1. The van der Waals surface area contributed by atoms with Crippen LogP contribution in [-0.4, -0.2) is 257 Å². The number of aliphatic carboxylic acids is 1. The van der Waals surface area contributed by atoms with Gasteiger partial charge in [0.1, 0.15) is 84.0 Å². The molecule has 14 amide bonds. The molecule has 1 aromatic heterocycles. The number of carboxylic acid groups (broad SMARTS) is 1. The maximum atomic E-state index is 14.6. The summed E-state index contributed by atoms with van der Waals surface area (Å²) < 4.78 is 0. The number of phenols is 2. The van der Waals surface area contributed by atoms with Crippen LogP contribution in [0.2, 0.25) is 0 Å². The van der Waals surface area contributed by atoms with Crippen LogP contribution in [0.4, 0.5) is 0 Å². The maximum absolute atomic E-state index is 14.6. The first-order valence-electron chi connectivity index (χ1n) is 38.3. The van der Waals surface area contributed by atoms with Gasteiger partial charge in [-0.15, -0.1) is 0 Å². The molecular weight excluding hydrogens is 1520 g/mol. The Morgan fingerprint density at radius 2 is 0.991 bits per heavy atom. The summed E-state index contributed by atoms with van der Waals surface area (Å²) in [5.41, 5.74) is 12.7. The second-order valence-corrected chi connectivity index (χ2v) is 31.1. The van der Waals surface area contributed by atoms with Crippen molar-refractivity contribution in [3.63, 3.8) is 0 Å². The van der Waals surface area contributed by atoms with Crippen LogP contribution in [-0.2, 0) is 91.2 Å². The summed E-state index contributed by atoms with van der Waals surface area (Å²) in [6.07, 6.45) is 0.409. The van der Waals surface area contributed by atoms with Crippen molar-refractivity contribution < 1.29 is 103 Å². The van der Waals surface area contributed by atoms with Gasteiger partial charge < -0.3 is 116 Å². The molecule has 3 aromatic rings. The van der Waals surface area contributed by atoms with Crippen LogP contribution in [0.3, 0.4) is 0 Å². The summed E-state index contributed by atoms with van der Waals surface area (Å²) in [5, 5.41) is 92.2. The Morgan fingerprint density at radius 3 is 1.48 bits per heavy atom. The highest BCUT2D eigenvalue weighted by molar-refractivity contribution is 7.98. The minimum Gasteiger partial charge on any atom is -0.508 e. The molecule has 2 aromatic carbocycles. The third-order valence-electron chi connectivity index (χ3n) is 18.9. The number of aliphatic hydroxyl groups excluding tert-OH is 3. The van der Waals surface area contributed by atoms with Crippen LogP contribution < -0.4 is 75.3 Å². The number of hydrogen-bond acceptors (Lipinski definition) is 23. The van der Waals surface area contributed by atoms with Crippen molar-refractivity contribution >= 4 is 100 Å². The number of benzene rings is 2. The lowest BCUT2D eigenvalue weighted by Gasteiger charge is -2.32. The van der Waals surface area contributed by atoms with Gasteiger partial charge in [-0.25, -0.2) is 9.78 Å². The lowest BCUT2D eigenvalue weighted by molar-refractivity contribution is -0.146. The number of amides is 14. The van der Waals surface area contributed by atoms with Gasteiger partial charge in [-0.05, 0) is 130 Å². The van der Waals surface area contributed by atoms with Crippen molar-refractivity contribution in [1.82, 2.24) is 78.7 Å². The maximum Gasteiger partial charge on any atom is 0.326 e. The van der Waals surface area contributed by atoms with E-state index in [1.165, 1.54) is 86.7 Å². The number of aromatic nitrogens is 2. The highest BCUT2D eigenvalue weighted by Gasteiger charge is 2.43. The normalized spacial score (nSPS) is 16.6. The van der Waals surface area contributed by atoms with Gasteiger partial charge in [0.15, 0.2) is 0 Å². The van der Waals surface area contributed by atoms with E-state index in [-0.39, 0.29) is 93.6 Å². The van der Waals surface area contributed by atoms with Gasteiger partial charge in [0, 0.05) is 44.1 Å². The smallest absolute Gasteiger partial charge is 0.326 e. The lowest BCUT2D eigenvalue weighted by atomic mass is 9.95. The average Bonchev–Trinajstić information content (AvgIpc) is 1.74. The molecule has 0 spiro atoms. The number of aromatic amines is 1. The standard InChI is InChI=1S/C76H117N17O21S/c1-12-41(8)61(73(110)87-53(30-40(6)7)70(107)92-63(43(10)96)75(112)93-26-13-14-58(93)72(109)88-56(76(113)114)32-45-17-21-48(98)22-18-45)90-69(106)52(29-39(4)5)84-66(103)50(23-24-59(78)99)82-60(100)35-80-65(102)54(31-44-15-19-47(97)20-16-44)85-71(108)57(36-94)89-68(105)55(33-46-34-79-37-81-46)86-67(104)51(25-27-115-11)83-74(111)62(42(9)95)91-64(101)49(77)28-38(2)3/h15-22,34,37-43,49-58,61-63,94-98H,12-14,23-33,35-36,77H2,1-11H3,(H2,78,99)(H,79,81)(H,80,102)(H,82,100)(H,83,111)(H,84,103)(H,85,108)(H,86,104)(H,87,110)(H,88,109)(H,89,105)(H,90,106)(H,91,101)(H,92,107)(H,113,114)/t41-,42+,43+,49-,50-,51-,52-,53-,54-,55-,56-,57-,58-,61-,62-,63-/m0/s1. The number of carbonyl (C=O) groups excluding carboxylic acids is 14. The predicted octanol–water partition coefficient (Wildman–Crippen LogP) is -3.34. The number of hydrogen-bond donors (Lipinski definition) is 21. The van der Waals surface area contributed by atoms with Crippen molar-refractivity contribution in [2.75, 3.05) is 31.7 Å². The van der Waals surface area contributed by atoms with Gasteiger partial charge in [0.05, 0.1) is 37.7 Å². The molecule has 16 atom stereocenters.